The smallest absolute Gasteiger partial charge is 0.416 e. The maximum Gasteiger partial charge on any atom is 0.416 e. The molecule has 0 aliphatic carbocycles. The van der Waals surface area contributed by atoms with Crippen molar-refractivity contribution in [2.45, 2.75) is 52.4 Å². The van der Waals surface area contributed by atoms with E-state index in [9.17, 15) is 18.0 Å². The number of alkyl halides is 3. The van der Waals surface area contributed by atoms with Gasteiger partial charge in [-0.25, -0.2) is 4.79 Å². The molecule has 0 aliphatic rings. The van der Waals surface area contributed by atoms with Crippen molar-refractivity contribution in [3.8, 4) is 0 Å². The highest BCUT2D eigenvalue weighted by molar-refractivity contribution is 5.79. The second-order valence-electron chi connectivity index (χ2n) is 5.93. The Hall–Kier alpha value is -1.72. The van der Waals surface area contributed by atoms with Crippen molar-refractivity contribution >= 4 is 11.7 Å². The Morgan fingerprint density at radius 1 is 1.24 bits per heavy atom. The summed E-state index contributed by atoms with van der Waals surface area (Å²) in [5.74, 6) is -0.517. The van der Waals surface area contributed by atoms with Crippen molar-refractivity contribution < 1.29 is 22.7 Å². The molecule has 1 aromatic rings. The molecular formula is C15H20F3NO2. The molecular weight excluding hydrogens is 283 g/mol. The molecule has 0 bridgehead atoms. The molecule has 0 amide bonds. The number of carbonyl (C=O) groups excluding carboxylic acids is 1. The maximum atomic E-state index is 12.8. The first-order valence-electron chi connectivity index (χ1n) is 6.57. The maximum absolute atomic E-state index is 12.8. The number of ether oxygens (including phenoxy) is 1. The predicted octanol–water partition coefficient (Wildman–Crippen LogP) is 4.16. The van der Waals surface area contributed by atoms with Crippen molar-refractivity contribution in [3.63, 3.8) is 0 Å². The molecule has 118 valence electrons. The van der Waals surface area contributed by atoms with Crippen molar-refractivity contribution in [1.29, 1.82) is 0 Å². The zero-order valence-corrected chi connectivity index (χ0v) is 12.8. The van der Waals surface area contributed by atoms with Gasteiger partial charge in [-0.05, 0) is 52.3 Å². The highest BCUT2D eigenvalue weighted by Crippen LogP contribution is 2.33. The fourth-order valence-electron chi connectivity index (χ4n) is 1.72. The van der Waals surface area contributed by atoms with Crippen LogP contribution in [0.2, 0.25) is 0 Å². The molecule has 1 atom stereocenters. The van der Waals surface area contributed by atoms with Gasteiger partial charge in [-0.15, -0.1) is 0 Å². The van der Waals surface area contributed by atoms with Gasteiger partial charge in [-0.1, -0.05) is 6.07 Å². The quantitative estimate of drug-likeness (QED) is 0.852. The van der Waals surface area contributed by atoms with Crippen LogP contribution in [0.5, 0.6) is 0 Å². The largest absolute Gasteiger partial charge is 0.458 e. The zero-order valence-electron chi connectivity index (χ0n) is 12.8. The van der Waals surface area contributed by atoms with Gasteiger partial charge in [0.2, 0.25) is 0 Å². The number of carbonyl (C=O) groups is 1. The molecule has 1 N–H and O–H groups in total. The first kappa shape index (κ1) is 17.3. The molecule has 0 saturated heterocycles. The normalized spacial score (nSPS) is 13.7. The first-order valence-corrected chi connectivity index (χ1v) is 6.57. The fraction of sp³-hybridized carbons (Fsp3) is 0.533. The SMILES string of the molecule is Cc1ccc(NC(C)C(=O)OC(C)(C)C)cc1C(F)(F)F. The summed E-state index contributed by atoms with van der Waals surface area (Å²) in [5.41, 5.74) is -0.995. The number of benzene rings is 1. The minimum absolute atomic E-state index is 0.137. The summed E-state index contributed by atoms with van der Waals surface area (Å²) < 4.78 is 43.7. The van der Waals surface area contributed by atoms with Crippen LogP contribution in [0.25, 0.3) is 0 Å². The van der Waals surface area contributed by atoms with Crippen LogP contribution in [0, 0.1) is 6.92 Å². The molecule has 0 spiro atoms. The lowest BCUT2D eigenvalue weighted by atomic mass is 10.1. The van der Waals surface area contributed by atoms with E-state index in [1.807, 2.05) is 0 Å². The van der Waals surface area contributed by atoms with E-state index in [1.54, 1.807) is 27.7 Å². The average molecular weight is 303 g/mol. The van der Waals surface area contributed by atoms with E-state index in [0.29, 0.717) is 0 Å². The molecule has 1 rings (SSSR count). The van der Waals surface area contributed by atoms with Crippen LogP contribution >= 0.6 is 0 Å². The topological polar surface area (TPSA) is 38.3 Å². The predicted molar refractivity (Wildman–Crippen MR) is 75.1 cm³/mol. The van der Waals surface area contributed by atoms with E-state index < -0.39 is 29.4 Å². The minimum atomic E-state index is -4.42. The highest BCUT2D eigenvalue weighted by Gasteiger charge is 2.32. The third-order valence-electron chi connectivity index (χ3n) is 2.69. The van der Waals surface area contributed by atoms with E-state index >= 15 is 0 Å². The average Bonchev–Trinajstić information content (AvgIpc) is 2.27. The Kier molecular flexibility index (Phi) is 4.91. The molecule has 0 heterocycles. The third-order valence-corrected chi connectivity index (χ3v) is 2.69. The zero-order chi connectivity index (χ0) is 16.4. The van der Waals surface area contributed by atoms with Crippen molar-refractivity contribution in [2.75, 3.05) is 5.32 Å². The number of hydrogen-bond acceptors (Lipinski definition) is 3. The minimum Gasteiger partial charge on any atom is -0.458 e. The van der Waals surface area contributed by atoms with Crippen LogP contribution < -0.4 is 5.32 Å². The standard InChI is InChI=1S/C15H20F3NO2/c1-9-6-7-11(8-12(9)15(16,17)18)19-10(2)13(20)21-14(3,4)5/h6-8,10,19H,1-5H3. The van der Waals surface area contributed by atoms with E-state index in [-0.39, 0.29) is 11.3 Å². The van der Waals surface area contributed by atoms with Crippen LogP contribution in [0.4, 0.5) is 18.9 Å². The van der Waals surface area contributed by atoms with Crippen LogP contribution in [0.3, 0.4) is 0 Å². The van der Waals surface area contributed by atoms with Crippen molar-refractivity contribution in [1.82, 2.24) is 0 Å². The van der Waals surface area contributed by atoms with Crippen LogP contribution in [-0.4, -0.2) is 17.6 Å². The van der Waals surface area contributed by atoms with E-state index in [2.05, 4.69) is 5.32 Å². The third kappa shape index (κ3) is 5.28. The summed E-state index contributed by atoms with van der Waals surface area (Å²) in [7, 11) is 0. The molecule has 0 radical (unpaired) electrons. The van der Waals surface area contributed by atoms with E-state index in [4.69, 9.17) is 4.74 Å². The number of aryl methyl sites for hydroxylation is 1. The van der Waals surface area contributed by atoms with Gasteiger partial charge in [0.25, 0.3) is 0 Å². The number of anilines is 1. The molecule has 6 heteroatoms. The molecule has 1 aromatic carbocycles. The fourth-order valence-corrected chi connectivity index (χ4v) is 1.72. The van der Waals surface area contributed by atoms with Gasteiger partial charge in [-0.3, -0.25) is 0 Å². The number of esters is 1. The van der Waals surface area contributed by atoms with Gasteiger partial charge in [0.1, 0.15) is 11.6 Å². The number of nitrogens with one attached hydrogen (secondary N) is 1. The summed E-state index contributed by atoms with van der Waals surface area (Å²) in [5, 5.41) is 2.73. The second-order valence-corrected chi connectivity index (χ2v) is 5.93. The summed E-state index contributed by atoms with van der Waals surface area (Å²) in [4.78, 5) is 11.8. The molecule has 0 fully saturated rings. The van der Waals surface area contributed by atoms with Crippen molar-refractivity contribution in [2.24, 2.45) is 0 Å². The van der Waals surface area contributed by atoms with Gasteiger partial charge >= 0.3 is 12.1 Å². The monoisotopic (exact) mass is 303 g/mol. The Labute approximate surface area is 122 Å². The second kappa shape index (κ2) is 5.95. The lowest BCUT2D eigenvalue weighted by molar-refractivity contribution is -0.155. The first-order chi connectivity index (χ1) is 9.40. The number of hydrogen-bond donors (Lipinski definition) is 1. The van der Waals surface area contributed by atoms with Gasteiger partial charge in [0.15, 0.2) is 0 Å². The number of rotatable bonds is 3. The molecule has 21 heavy (non-hydrogen) atoms. The van der Waals surface area contributed by atoms with Gasteiger partial charge in [-0.2, -0.15) is 13.2 Å². The summed E-state index contributed by atoms with van der Waals surface area (Å²) in [6.45, 7) is 8.12. The Morgan fingerprint density at radius 2 is 1.81 bits per heavy atom. The molecule has 3 nitrogen and oxygen atoms in total. The summed E-state index contributed by atoms with van der Waals surface area (Å²) in [6.07, 6.45) is -4.42. The summed E-state index contributed by atoms with van der Waals surface area (Å²) >= 11 is 0. The van der Waals surface area contributed by atoms with Crippen LogP contribution in [0.1, 0.15) is 38.8 Å². The van der Waals surface area contributed by atoms with Crippen molar-refractivity contribution in [3.05, 3.63) is 29.3 Å². The molecule has 0 saturated carbocycles. The molecule has 0 aromatic heterocycles. The summed E-state index contributed by atoms with van der Waals surface area (Å²) in [6, 6.07) is 3.13. The van der Waals surface area contributed by atoms with Gasteiger partial charge in [0, 0.05) is 5.69 Å². The van der Waals surface area contributed by atoms with E-state index in [1.165, 1.54) is 19.1 Å². The van der Waals surface area contributed by atoms with Gasteiger partial charge < -0.3 is 10.1 Å². The lowest BCUT2D eigenvalue weighted by Gasteiger charge is -2.23. The van der Waals surface area contributed by atoms with E-state index in [0.717, 1.165) is 6.07 Å². The molecule has 1 unspecified atom stereocenters. The highest BCUT2D eigenvalue weighted by atomic mass is 19.4. The Bertz CT molecular complexity index is 519. The Balaban J connectivity index is 2.87. The Morgan fingerprint density at radius 3 is 2.29 bits per heavy atom. The van der Waals surface area contributed by atoms with Crippen LogP contribution in [0.15, 0.2) is 18.2 Å². The molecule has 0 aliphatic heterocycles. The van der Waals surface area contributed by atoms with Gasteiger partial charge in [0.05, 0.1) is 5.56 Å². The number of halogens is 3. The lowest BCUT2D eigenvalue weighted by Crippen LogP contribution is -2.34. The van der Waals surface area contributed by atoms with Crippen LogP contribution in [-0.2, 0) is 15.7 Å².